The number of carbonyl (C=O) groups excluding carboxylic acids is 2. The van der Waals surface area contributed by atoms with Crippen LogP contribution in [-0.4, -0.2) is 24.0 Å². The van der Waals surface area contributed by atoms with Crippen LogP contribution in [-0.2, 0) is 22.4 Å². The van der Waals surface area contributed by atoms with Crippen molar-refractivity contribution in [1.29, 1.82) is 0 Å². The van der Waals surface area contributed by atoms with E-state index in [4.69, 9.17) is 0 Å². The lowest BCUT2D eigenvalue weighted by Crippen LogP contribution is -2.38. The highest BCUT2D eigenvalue weighted by molar-refractivity contribution is 5.94. The summed E-state index contributed by atoms with van der Waals surface area (Å²) in [6.07, 6.45) is -4.07. The van der Waals surface area contributed by atoms with Gasteiger partial charge in [0.15, 0.2) is 0 Å². The third-order valence-corrected chi connectivity index (χ3v) is 3.77. The zero-order valence-electron chi connectivity index (χ0n) is 12.8. The topological polar surface area (TPSA) is 58.2 Å². The van der Waals surface area contributed by atoms with Gasteiger partial charge in [0, 0.05) is 18.2 Å². The average Bonchev–Trinajstić information content (AvgIpc) is 2.45. The van der Waals surface area contributed by atoms with Gasteiger partial charge in [-0.1, -0.05) is 19.1 Å². The Balaban J connectivity index is 1.96. The molecule has 1 aliphatic heterocycles. The first-order valence-corrected chi connectivity index (χ1v) is 7.54. The number of benzene rings is 1. The maximum absolute atomic E-state index is 12.4. The fourth-order valence-electron chi connectivity index (χ4n) is 2.59. The molecule has 0 fully saturated rings. The zero-order chi connectivity index (χ0) is 17.0. The van der Waals surface area contributed by atoms with Crippen LogP contribution >= 0.6 is 0 Å². The monoisotopic (exact) mass is 328 g/mol. The Morgan fingerprint density at radius 1 is 1.35 bits per heavy atom. The molecule has 7 heteroatoms. The third kappa shape index (κ3) is 5.26. The summed E-state index contributed by atoms with van der Waals surface area (Å²) in [6.45, 7) is 1.61. The SMILES string of the molecule is CCC(CC(F)(F)F)NC(=O)Cc1ccc2c(c1)CCC(=O)N2. The van der Waals surface area contributed by atoms with Crippen LogP contribution in [0, 0.1) is 0 Å². The predicted octanol–water partition coefficient (Wildman–Crippen LogP) is 2.96. The smallest absolute Gasteiger partial charge is 0.353 e. The van der Waals surface area contributed by atoms with Gasteiger partial charge in [0.25, 0.3) is 0 Å². The lowest BCUT2D eigenvalue weighted by Gasteiger charge is -2.20. The molecule has 0 saturated carbocycles. The van der Waals surface area contributed by atoms with Gasteiger partial charge in [-0.05, 0) is 30.0 Å². The molecular formula is C16H19F3N2O2. The van der Waals surface area contributed by atoms with E-state index in [-0.39, 0.29) is 18.7 Å². The van der Waals surface area contributed by atoms with E-state index >= 15 is 0 Å². The lowest BCUT2D eigenvalue weighted by atomic mass is 9.99. The number of amides is 2. The van der Waals surface area contributed by atoms with E-state index in [1.165, 1.54) is 0 Å². The highest BCUT2D eigenvalue weighted by Gasteiger charge is 2.31. The number of halogens is 3. The highest BCUT2D eigenvalue weighted by atomic mass is 19.4. The van der Waals surface area contributed by atoms with Crippen LogP contribution in [0.5, 0.6) is 0 Å². The predicted molar refractivity (Wildman–Crippen MR) is 80.0 cm³/mol. The molecule has 4 nitrogen and oxygen atoms in total. The first-order valence-electron chi connectivity index (χ1n) is 7.54. The van der Waals surface area contributed by atoms with Gasteiger partial charge in [0.1, 0.15) is 0 Å². The maximum atomic E-state index is 12.4. The molecule has 0 radical (unpaired) electrons. The van der Waals surface area contributed by atoms with Crippen molar-refractivity contribution in [3.05, 3.63) is 29.3 Å². The Labute approximate surface area is 132 Å². The minimum Gasteiger partial charge on any atom is -0.353 e. The molecule has 0 spiro atoms. The van der Waals surface area contributed by atoms with Crippen LogP contribution in [0.3, 0.4) is 0 Å². The van der Waals surface area contributed by atoms with Crippen molar-refractivity contribution in [3.63, 3.8) is 0 Å². The Hall–Kier alpha value is -2.05. The van der Waals surface area contributed by atoms with Crippen molar-refractivity contribution in [2.24, 2.45) is 0 Å². The Morgan fingerprint density at radius 3 is 2.74 bits per heavy atom. The van der Waals surface area contributed by atoms with Crippen LogP contribution in [0.15, 0.2) is 18.2 Å². The van der Waals surface area contributed by atoms with Gasteiger partial charge < -0.3 is 10.6 Å². The highest BCUT2D eigenvalue weighted by Crippen LogP contribution is 2.24. The van der Waals surface area contributed by atoms with E-state index < -0.39 is 24.5 Å². The van der Waals surface area contributed by atoms with Crippen molar-refractivity contribution in [1.82, 2.24) is 5.32 Å². The summed E-state index contributed by atoms with van der Waals surface area (Å²) in [5, 5.41) is 5.17. The van der Waals surface area contributed by atoms with Gasteiger partial charge in [-0.25, -0.2) is 0 Å². The van der Waals surface area contributed by atoms with E-state index in [2.05, 4.69) is 10.6 Å². The number of aryl methyl sites for hydroxylation is 1. The average molecular weight is 328 g/mol. The molecule has 0 aromatic heterocycles. The zero-order valence-corrected chi connectivity index (χ0v) is 12.8. The first-order chi connectivity index (χ1) is 10.8. The second-order valence-corrected chi connectivity index (χ2v) is 5.71. The van der Waals surface area contributed by atoms with Crippen LogP contribution < -0.4 is 10.6 Å². The molecule has 1 aliphatic rings. The van der Waals surface area contributed by atoms with Crippen LogP contribution in [0.25, 0.3) is 0 Å². The second-order valence-electron chi connectivity index (χ2n) is 5.71. The lowest BCUT2D eigenvalue weighted by molar-refractivity contribution is -0.142. The minimum atomic E-state index is -4.29. The van der Waals surface area contributed by atoms with Crippen LogP contribution in [0.2, 0.25) is 0 Å². The number of carbonyl (C=O) groups is 2. The van der Waals surface area contributed by atoms with Crippen molar-refractivity contribution in [2.45, 2.75) is 51.2 Å². The van der Waals surface area contributed by atoms with Gasteiger partial charge >= 0.3 is 6.18 Å². The van der Waals surface area contributed by atoms with Gasteiger partial charge in [-0.2, -0.15) is 13.2 Å². The van der Waals surface area contributed by atoms with E-state index in [0.717, 1.165) is 16.8 Å². The number of alkyl halides is 3. The molecule has 1 aromatic carbocycles. The largest absolute Gasteiger partial charge is 0.391 e. The quantitative estimate of drug-likeness (QED) is 0.873. The van der Waals surface area contributed by atoms with Crippen molar-refractivity contribution >= 4 is 17.5 Å². The Kier molecular flexibility index (Phi) is 5.28. The summed E-state index contributed by atoms with van der Waals surface area (Å²) in [6, 6.07) is 4.34. The normalized spacial score (nSPS) is 15.6. The van der Waals surface area contributed by atoms with E-state index in [1.54, 1.807) is 19.1 Å². The molecule has 23 heavy (non-hydrogen) atoms. The number of anilines is 1. The molecule has 126 valence electrons. The number of hydrogen-bond donors (Lipinski definition) is 2. The fraction of sp³-hybridized carbons (Fsp3) is 0.500. The third-order valence-electron chi connectivity index (χ3n) is 3.77. The van der Waals surface area contributed by atoms with Crippen LogP contribution in [0.4, 0.5) is 18.9 Å². The van der Waals surface area contributed by atoms with Gasteiger partial charge in [0.05, 0.1) is 12.8 Å². The molecule has 1 heterocycles. The van der Waals surface area contributed by atoms with Gasteiger partial charge in [0.2, 0.25) is 11.8 Å². The van der Waals surface area contributed by atoms with Crippen molar-refractivity contribution in [3.8, 4) is 0 Å². The summed E-state index contributed by atoms with van der Waals surface area (Å²) < 4.78 is 37.2. The minimum absolute atomic E-state index is 0.0234. The number of nitrogens with one attached hydrogen (secondary N) is 2. The summed E-state index contributed by atoms with van der Waals surface area (Å²) in [5.74, 6) is -0.471. The Morgan fingerprint density at radius 2 is 2.09 bits per heavy atom. The summed E-state index contributed by atoms with van der Waals surface area (Å²) in [4.78, 5) is 23.2. The molecule has 1 atom stereocenters. The molecule has 0 saturated heterocycles. The Bertz CT molecular complexity index is 599. The summed E-state index contributed by atoms with van der Waals surface area (Å²) in [5.41, 5.74) is 2.39. The van der Waals surface area contributed by atoms with Crippen molar-refractivity contribution < 1.29 is 22.8 Å². The molecule has 2 amide bonds. The molecule has 2 N–H and O–H groups in total. The fourth-order valence-corrected chi connectivity index (χ4v) is 2.59. The van der Waals surface area contributed by atoms with E-state index in [9.17, 15) is 22.8 Å². The molecule has 1 unspecified atom stereocenters. The molecule has 0 aliphatic carbocycles. The van der Waals surface area contributed by atoms with E-state index in [1.807, 2.05) is 6.07 Å². The van der Waals surface area contributed by atoms with E-state index in [0.29, 0.717) is 12.8 Å². The second kappa shape index (κ2) is 7.02. The van der Waals surface area contributed by atoms with Gasteiger partial charge in [-0.15, -0.1) is 0 Å². The maximum Gasteiger partial charge on any atom is 0.391 e. The molecule has 2 rings (SSSR count). The molecule has 1 aromatic rings. The van der Waals surface area contributed by atoms with Crippen LogP contribution in [0.1, 0.15) is 37.3 Å². The standard InChI is InChI=1S/C16H19F3N2O2/c1-2-12(9-16(17,18)19)20-15(23)8-10-3-5-13-11(7-10)4-6-14(22)21-13/h3,5,7,12H,2,4,6,8-9H2,1H3,(H,20,23)(H,21,22). The number of fused-ring (bicyclic) bond motifs is 1. The summed E-state index contributed by atoms with van der Waals surface area (Å²) >= 11 is 0. The first kappa shape index (κ1) is 17.3. The molecule has 0 bridgehead atoms. The summed E-state index contributed by atoms with van der Waals surface area (Å²) in [7, 11) is 0. The number of rotatable bonds is 5. The van der Waals surface area contributed by atoms with Gasteiger partial charge in [-0.3, -0.25) is 9.59 Å². The number of hydrogen-bond acceptors (Lipinski definition) is 2. The van der Waals surface area contributed by atoms with Crippen molar-refractivity contribution in [2.75, 3.05) is 5.32 Å². The molecular weight excluding hydrogens is 309 g/mol.